The number of fused-ring (bicyclic) bond motifs is 1. The molecule has 1 amide bonds. The summed E-state index contributed by atoms with van der Waals surface area (Å²) in [5, 5.41) is 8.26. The molecule has 4 rings (SSSR count). The molecular weight excluding hydrogens is 384 g/mol. The average Bonchev–Trinajstić information content (AvgIpc) is 3.17. The number of ether oxygens (including phenoxy) is 1. The molecule has 0 atom stereocenters. The lowest BCUT2D eigenvalue weighted by Crippen LogP contribution is -2.14. The van der Waals surface area contributed by atoms with E-state index in [1.807, 2.05) is 73.8 Å². The Balaban J connectivity index is 1.44. The van der Waals surface area contributed by atoms with Gasteiger partial charge in [0.1, 0.15) is 10.8 Å². The van der Waals surface area contributed by atoms with Gasteiger partial charge in [0.25, 0.3) is 0 Å². The van der Waals surface area contributed by atoms with Crippen LogP contribution in [-0.4, -0.2) is 33.4 Å². The van der Waals surface area contributed by atoms with Gasteiger partial charge in [-0.05, 0) is 55.0 Å². The van der Waals surface area contributed by atoms with Crippen LogP contribution in [0.5, 0.6) is 5.75 Å². The molecule has 4 aromatic rings. The van der Waals surface area contributed by atoms with Crippen LogP contribution in [0.25, 0.3) is 16.9 Å². The highest BCUT2D eigenvalue weighted by atomic mass is 32.2. The van der Waals surface area contributed by atoms with Crippen LogP contribution in [-0.2, 0) is 4.79 Å². The molecule has 0 spiro atoms. The van der Waals surface area contributed by atoms with Gasteiger partial charge in [0.15, 0.2) is 5.65 Å². The molecule has 2 heterocycles. The second kappa shape index (κ2) is 8.36. The number of nitrogens with one attached hydrogen (secondary N) is 1. The number of nitrogens with zero attached hydrogens (tertiary/aromatic N) is 3. The Labute approximate surface area is 172 Å². The average molecular weight is 404 g/mol. The van der Waals surface area contributed by atoms with Crippen molar-refractivity contribution in [3.63, 3.8) is 0 Å². The molecule has 2 aromatic carbocycles. The zero-order valence-electron chi connectivity index (χ0n) is 16.1. The van der Waals surface area contributed by atoms with Crippen LogP contribution in [0.4, 0.5) is 5.69 Å². The SMILES string of the molecule is COc1ccc(-c2cn3nc(SCC(=O)Nc4ccccc4C)ccc3n2)cc1. The van der Waals surface area contributed by atoms with Gasteiger partial charge in [0.2, 0.25) is 5.91 Å². The van der Waals surface area contributed by atoms with Gasteiger partial charge >= 0.3 is 0 Å². The van der Waals surface area contributed by atoms with Gasteiger partial charge in [0.05, 0.1) is 24.8 Å². The molecular formula is C22H20N4O2S. The maximum Gasteiger partial charge on any atom is 0.234 e. The molecule has 29 heavy (non-hydrogen) atoms. The molecule has 0 aliphatic carbocycles. The number of benzene rings is 2. The molecule has 0 saturated carbocycles. The highest BCUT2D eigenvalue weighted by Gasteiger charge is 2.09. The molecule has 0 aliphatic rings. The first-order valence-electron chi connectivity index (χ1n) is 9.11. The van der Waals surface area contributed by atoms with Gasteiger partial charge < -0.3 is 10.1 Å². The number of hydrogen-bond acceptors (Lipinski definition) is 5. The third-order valence-electron chi connectivity index (χ3n) is 4.45. The van der Waals surface area contributed by atoms with Crippen molar-refractivity contribution in [1.82, 2.24) is 14.6 Å². The van der Waals surface area contributed by atoms with E-state index >= 15 is 0 Å². The van der Waals surface area contributed by atoms with Gasteiger partial charge in [-0.1, -0.05) is 30.0 Å². The molecule has 0 unspecified atom stereocenters. The van der Waals surface area contributed by atoms with E-state index in [0.29, 0.717) is 0 Å². The third kappa shape index (κ3) is 4.41. The van der Waals surface area contributed by atoms with Crippen LogP contribution in [0.1, 0.15) is 5.56 Å². The van der Waals surface area contributed by atoms with Crippen molar-refractivity contribution in [2.45, 2.75) is 11.9 Å². The van der Waals surface area contributed by atoms with Crippen LogP contribution in [0.3, 0.4) is 0 Å². The molecule has 0 aliphatic heterocycles. The molecule has 6 nitrogen and oxygen atoms in total. The van der Waals surface area contributed by atoms with E-state index in [9.17, 15) is 4.79 Å². The number of hydrogen-bond donors (Lipinski definition) is 1. The number of carbonyl (C=O) groups is 1. The standard InChI is InChI=1S/C22H20N4O2S/c1-15-5-3-4-6-18(15)24-21(27)14-29-22-12-11-20-23-19(13-26(20)25-22)16-7-9-17(28-2)10-8-16/h3-13H,14H2,1-2H3,(H,24,27). The molecule has 1 N–H and O–H groups in total. The van der Waals surface area contributed by atoms with Crippen molar-refractivity contribution in [2.24, 2.45) is 0 Å². The summed E-state index contributed by atoms with van der Waals surface area (Å²) < 4.78 is 6.93. The smallest absolute Gasteiger partial charge is 0.234 e. The van der Waals surface area contributed by atoms with Gasteiger partial charge in [0, 0.05) is 11.3 Å². The first-order chi connectivity index (χ1) is 14.1. The fourth-order valence-corrected chi connectivity index (χ4v) is 3.54. The number of amides is 1. The predicted octanol–water partition coefficient (Wildman–Crippen LogP) is 4.44. The zero-order chi connectivity index (χ0) is 20.2. The Morgan fingerprint density at radius 3 is 2.66 bits per heavy atom. The van der Waals surface area contributed by atoms with Crippen LogP contribution in [0.15, 0.2) is 71.9 Å². The lowest BCUT2D eigenvalue weighted by Gasteiger charge is -2.07. The number of aromatic nitrogens is 3. The maximum absolute atomic E-state index is 12.3. The van der Waals surface area contributed by atoms with Crippen LogP contribution >= 0.6 is 11.8 Å². The molecule has 0 radical (unpaired) electrons. The lowest BCUT2D eigenvalue weighted by molar-refractivity contribution is -0.113. The van der Waals surface area contributed by atoms with Gasteiger partial charge in [-0.15, -0.1) is 0 Å². The van der Waals surface area contributed by atoms with Gasteiger partial charge in [-0.2, -0.15) is 5.10 Å². The number of thioether (sulfide) groups is 1. The highest BCUT2D eigenvalue weighted by Crippen LogP contribution is 2.23. The molecule has 0 saturated heterocycles. The van der Waals surface area contributed by atoms with E-state index in [0.717, 1.165) is 38.9 Å². The Morgan fingerprint density at radius 2 is 1.90 bits per heavy atom. The summed E-state index contributed by atoms with van der Waals surface area (Å²) in [5.74, 6) is 1.03. The molecule has 146 valence electrons. The second-order valence-corrected chi connectivity index (χ2v) is 7.48. The Morgan fingerprint density at radius 1 is 1.10 bits per heavy atom. The largest absolute Gasteiger partial charge is 0.497 e. The summed E-state index contributed by atoms with van der Waals surface area (Å²) in [5.41, 5.74) is 4.45. The van der Waals surface area contributed by atoms with Gasteiger partial charge in [-0.3, -0.25) is 4.79 Å². The predicted molar refractivity (Wildman–Crippen MR) is 116 cm³/mol. The normalized spacial score (nSPS) is 10.8. The van der Waals surface area contributed by atoms with Crippen molar-refractivity contribution in [3.8, 4) is 17.0 Å². The number of para-hydroxylation sites is 1. The van der Waals surface area contributed by atoms with E-state index in [1.54, 1.807) is 11.6 Å². The zero-order valence-corrected chi connectivity index (χ0v) is 16.9. The number of imidazole rings is 1. The second-order valence-electron chi connectivity index (χ2n) is 6.48. The molecule has 7 heteroatoms. The number of anilines is 1. The Bertz CT molecular complexity index is 1160. The monoisotopic (exact) mass is 404 g/mol. The topological polar surface area (TPSA) is 68.5 Å². The van der Waals surface area contributed by atoms with Crippen molar-refractivity contribution in [1.29, 1.82) is 0 Å². The minimum atomic E-state index is -0.0595. The quantitative estimate of drug-likeness (QED) is 0.481. The van der Waals surface area contributed by atoms with Crippen LogP contribution in [0, 0.1) is 6.92 Å². The van der Waals surface area contributed by atoms with Crippen molar-refractivity contribution in [3.05, 3.63) is 72.4 Å². The summed E-state index contributed by atoms with van der Waals surface area (Å²) >= 11 is 1.39. The summed E-state index contributed by atoms with van der Waals surface area (Å²) in [6.45, 7) is 1.97. The van der Waals surface area contributed by atoms with Crippen molar-refractivity contribution >= 4 is 29.0 Å². The molecule has 0 fully saturated rings. The summed E-state index contributed by atoms with van der Waals surface area (Å²) in [7, 11) is 1.64. The van der Waals surface area contributed by atoms with Crippen LogP contribution < -0.4 is 10.1 Å². The van der Waals surface area contributed by atoms with Crippen LogP contribution in [0.2, 0.25) is 0 Å². The van der Waals surface area contributed by atoms with E-state index in [-0.39, 0.29) is 11.7 Å². The van der Waals surface area contributed by atoms with Gasteiger partial charge in [-0.25, -0.2) is 9.50 Å². The molecule has 0 bridgehead atoms. The first kappa shape index (κ1) is 19.0. The first-order valence-corrected chi connectivity index (χ1v) is 10.1. The summed E-state index contributed by atoms with van der Waals surface area (Å²) in [6.07, 6.45) is 1.88. The highest BCUT2D eigenvalue weighted by molar-refractivity contribution is 7.99. The number of methoxy groups -OCH3 is 1. The van der Waals surface area contributed by atoms with E-state index in [4.69, 9.17) is 4.74 Å². The minimum Gasteiger partial charge on any atom is -0.497 e. The third-order valence-corrected chi connectivity index (χ3v) is 5.37. The Kier molecular flexibility index (Phi) is 5.48. The van der Waals surface area contributed by atoms with E-state index in [2.05, 4.69) is 15.4 Å². The maximum atomic E-state index is 12.3. The van der Waals surface area contributed by atoms with E-state index < -0.39 is 0 Å². The fourth-order valence-electron chi connectivity index (χ4n) is 2.88. The van der Waals surface area contributed by atoms with Crippen molar-refractivity contribution in [2.75, 3.05) is 18.2 Å². The molecule has 2 aromatic heterocycles. The summed E-state index contributed by atoms with van der Waals surface area (Å²) in [6, 6.07) is 19.2. The number of rotatable bonds is 6. The number of aryl methyl sites for hydroxylation is 1. The Hall–Kier alpha value is -3.32. The fraction of sp³-hybridized carbons (Fsp3) is 0.136. The lowest BCUT2D eigenvalue weighted by atomic mass is 10.2. The van der Waals surface area contributed by atoms with E-state index in [1.165, 1.54) is 11.8 Å². The summed E-state index contributed by atoms with van der Waals surface area (Å²) in [4.78, 5) is 16.9. The minimum absolute atomic E-state index is 0.0595. The number of carbonyl (C=O) groups excluding carboxylic acids is 1. The van der Waals surface area contributed by atoms with Crippen molar-refractivity contribution < 1.29 is 9.53 Å².